The van der Waals surface area contributed by atoms with Gasteiger partial charge < -0.3 is 9.88 Å². The third-order valence-electron chi connectivity index (χ3n) is 2.11. The second-order valence-corrected chi connectivity index (χ2v) is 3.04. The van der Waals surface area contributed by atoms with Crippen LogP contribution in [0.2, 0.25) is 0 Å². The van der Waals surface area contributed by atoms with Gasteiger partial charge in [-0.25, -0.2) is 4.39 Å². The fourth-order valence-corrected chi connectivity index (χ4v) is 1.47. The minimum atomic E-state index is -0.0931. The Morgan fingerprint density at radius 3 is 3.36 bits per heavy atom. The van der Waals surface area contributed by atoms with E-state index in [0.29, 0.717) is 12.6 Å². The van der Waals surface area contributed by atoms with E-state index in [9.17, 15) is 4.39 Å². The summed E-state index contributed by atoms with van der Waals surface area (Å²) < 4.78 is 14.9. The van der Waals surface area contributed by atoms with Crippen LogP contribution >= 0.6 is 0 Å². The molecule has 1 aliphatic heterocycles. The summed E-state index contributed by atoms with van der Waals surface area (Å²) in [6.45, 7) is 3.63. The molecule has 1 aromatic heterocycles. The van der Waals surface area contributed by atoms with Crippen molar-refractivity contribution in [3.05, 3.63) is 23.8 Å². The zero-order valence-corrected chi connectivity index (χ0v) is 6.47. The van der Waals surface area contributed by atoms with Crippen LogP contribution in [0, 0.1) is 5.82 Å². The summed E-state index contributed by atoms with van der Waals surface area (Å²) >= 11 is 0. The summed E-state index contributed by atoms with van der Waals surface area (Å²) in [5.74, 6) is -0.0931. The summed E-state index contributed by atoms with van der Waals surface area (Å²) in [4.78, 5) is 0. The van der Waals surface area contributed by atoms with Gasteiger partial charge in [0.25, 0.3) is 0 Å². The lowest BCUT2D eigenvalue weighted by Crippen LogP contribution is -2.36. The molecule has 0 aromatic carbocycles. The molecule has 0 radical (unpaired) electrons. The minimum absolute atomic E-state index is 0.0931. The van der Waals surface area contributed by atoms with Crippen LogP contribution in [0.25, 0.3) is 0 Å². The Morgan fingerprint density at radius 1 is 1.73 bits per heavy atom. The zero-order valence-electron chi connectivity index (χ0n) is 6.47. The number of halogens is 1. The molecule has 1 atom stereocenters. The number of fused-ring (bicyclic) bond motifs is 1. The molecule has 1 aromatic rings. The van der Waals surface area contributed by atoms with E-state index in [1.807, 2.05) is 10.8 Å². The largest absolute Gasteiger partial charge is 0.346 e. The molecule has 60 valence electrons. The van der Waals surface area contributed by atoms with Gasteiger partial charge in [0.2, 0.25) is 0 Å². The van der Waals surface area contributed by atoms with Crippen LogP contribution in [-0.2, 0) is 13.1 Å². The van der Waals surface area contributed by atoms with Crippen LogP contribution in [0.1, 0.15) is 12.6 Å². The number of nitrogens with one attached hydrogen (secondary N) is 1. The monoisotopic (exact) mass is 154 g/mol. The van der Waals surface area contributed by atoms with Crippen molar-refractivity contribution in [2.24, 2.45) is 0 Å². The van der Waals surface area contributed by atoms with E-state index < -0.39 is 0 Å². The molecule has 3 heteroatoms. The molecule has 0 fully saturated rings. The van der Waals surface area contributed by atoms with Crippen molar-refractivity contribution in [3.63, 3.8) is 0 Å². The maximum atomic E-state index is 12.9. The first-order valence-electron chi connectivity index (χ1n) is 3.84. The van der Waals surface area contributed by atoms with Crippen LogP contribution in [0.15, 0.2) is 12.3 Å². The summed E-state index contributed by atoms with van der Waals surface area (Å²) in [5.41, 5.74) is 0.781. The summed E-state index contributed by atoms with van der Waals surface area (Å²) in [6.07, 6.45) is 1.81. The molecule has 2 heterocycles. The first-order valence-corrected chi connectivity index (χ1v) is 3.84. The lowest BCUT2D eigenvalue weighted by molar-refractivity contribution is 0.404. The van der Waals surface area contributed by atoms with Gasteiger partial charge in [0.15, 0.2) is 0 Å². The SMILES string of the molecule is C[C@@H]1Cn2ccc(F)c2CN1. The van der Waals surface area contributed by atoms with Gasteiger partial charge in [-0.15, -0.1) is 0 Å². The average Bonchev–Trinajstić information content (AvgIpc) is 2.32. The highest BCUT2D eigenvalue weighted by molar-refractivity contribution is 5.12. The molecule has 0 aliphatic carbocycles. The van der Waals surface area contributed by atoms with Crippen LogP contribution in [-0.4, -0.2) is 10.6 Å². The van der Waals surface area contributed by atoms with Gasteiger partial charge in [-0.2, -0.15) is 0 Å². The van der Waals surface area contributed by atoms with Crippen molar-refractivity contribution in [2.75, 3.05) is 0 Å². The van der Waals surface area contributed by atoms with E-state index in [1.54, 1.807) is 0 Å². The van der Waals surface area contributed by atoms with Crippen molar-refractivity contribution in [2.45, 2.75) is 26.1 Å². The van der Waals surface area contributed by atoms with Gasteiger partial charge in [0, 0.05) is 25.3 Å². The molecule has 0 amide bonds. The Kier molecular flexibility index (Phi) is 1.46. The molecule has 2 nitrogen and oxygen atoms in total. The fourth-order valence-electron chi connectivity index (χ4n) is 1.47. The third kappa shape index (κ3) is 1.05. The van der Waals surface area contributed by atoms with E-state index in [2.05, 4.69) is 12.2 Å². The first kappa shape index (κ1) is 6.85. The van der Waals surface area contributed by atoms with Crippen molar-refractivity contribution in [1.29, 1.82) is 0 Å². The molecular weight excluding hydrogens is 143 g/mol. The van der Waals surface area contributed by atoms with Crippen LogP contribution in [0.3, 0.4) is 0 Å². The topological polar surface area (TPSA) is 17.0 Å². The van der Waals surface area contributed by atoms with E-state index in [-0.39, 0.29) is 5.82 Å². The summed E-state index contributed by atoms with van der Waals surface area (Å²) in [5, 5.41) is 3.20. The van der Waals surface area contributed by atoms with Crippen molar-refractivity contribution >= 4 is 0 Å². The molecule has 0 spiro atoms. The second kappa shape index (κ2) is 2.34. The average molecular weight is 154 g/mol. The molecular formula is C8H11FN2. The summed E-state index contributed by atoms with van der Waals surface area (Å²) in [7, 11) is 0. The van der Waals surface area contributed by atoms with E-state index in [1.165, 1.54) is 6.07 Å². The number of hydrogen-bond acceptors (Lipinski definition) is 1. The van der Waals surface area contributed by atoms with E-state index >= 15 is 0 Å². The van der Waals surface area contributed by atoms with Crippen molar-refractivity contribution in [3.8, 4) is 0 Å². The maximum Gasteiger partial charge on any atom is 0.145 e. The predicted octanol–water partition coefficient (Wildman–Crippen LogP) is 1.12. The smallest absolute Gasteiger partial charge is 0.145 e. The predicted molar refractivity (Wildman–Crippen MR) is 40.7 cm³/mol. The van der Waals surface area contributed by atoms with Crippen LogP contribution in [0.5, 0.6) is 0 Å². The second-order valence-electron chi connectivity index (χ2n) is 3.04. The zero-order chi connectivity index (χ0) is 7.84. The van der Waals surface area contributed by atoms with Gasteiger partial charge >= 0.3 is 0 Å². The maximum absolute atomic E-state index is 12.9. The van der Waals surface area contributed by atoms with Gasteiger partial charge in [0.05, 0.1) is 5.69 Å². The first-order chi connectivity index (χ1) is 5.27. The molecule has 2 rings (SSSR count). The Labute approximate surface area is 65.0 Å². The molecule has 0 unspecified atom stereocenters. The van der Waals surface area contributed by atoms with Gasteiger partial charge in [-0.05, 0) is 13.0 Å². The lowest BCUT2D eigenvalue weighted by Gasteiger charge is -2.22. The molecule has 1 aliphatic rings. The van der Waals surface area contributed by atoms with E-state index in [4.69, 9.17) is 0 Å². The van der Waals surface area contributed by atoms with Crippen molar-refractivity contribution in [1.82, 2.24) is 9.88 Å². The number of hydrogen-bond donors (Lipinski definition) is 1. The minimum Gasteiger partial charge on any atom is -0.346 e. The molecule has 11 heavy (non-hydrogen) atoms. The van der Waals surface area contributed by atoms with Crippen molar-refractivity contribution < 1.29 is 4.39 Å². The molecule has 0 saturated carbocycles. The number of rotatable bonds is 0. The Hall–Kier alpha value is -0.830. The molecule has 0 saturated heterocycles. The lowest BCUT2D eigenvalue weighted by atomic mass is 10.2. The highest BCUT2D eigenvalue weighted by atomic mass is 19.1. The highest BCUT2D eigenvalue weighted by Gasteiger charge is 2.16. The normalized spacial score (nSPS) is 23.3. The van der Waals surface area contributed by atoms with Gasteiger partial charge in [-0.3, -0.25) is 0 Å². The third-order valence-corrected chi connectivity index (χ3v) is 2.11. The quantitative estimate of drug-likeness (QED) is 0.592. The number of aromatic nitrogens is 1. The van der Waals surface area contributed by atoms with Crippen LogP contribution in [0.4, 0.5) is 4.39 Å². The Bertz CT molecular complexity index is 267. The number of nitrogens with zero attached hydrogens (tertiary/aromatic N) is 1. The molecule has 1 N–H and O–H groups in total. The van der Waals surface area contributed by atoms with Gasteiger partial charge in [0.1, 0.15) is 5.82 Å². The Balaban J connectivity index is 2.36. The Morgan fingerprint density at radius 2 is 2.55 bits per heavy atom. The standard InChI is InChI=1S/C8H11FN2/c1-6-5-11-3-2-7(9)8(11)4-10-6/h2-3,6,10H,4-5H2,1H3/t6-/m1/s1. The molecule has 0 bridgehead atoms. The van der Waals surface area contributed by atoms with E-state index in [0.717, 1.165) is 12.2 Å². The summed E-state index contributed by atoms with van der Waals surface area (Å²) in [6, 6.07) is 1.98. The van der Waals surface area contributed by atoms with Gasteiger partial charge in [-0.1, -0.05) is 0 Å². The highest BCUT2D eigenvalue weighted by Crippen LogP contribution is 2.13. The van der Waals surface area contributed by atoms with Crippen LogP contribution < -0.4 is 5.32 Å². The fraction of sp³-hybridized carbons (Fsp3) is 0.500.